The van der Waals surface area contributed by atoms with E-state index in [1.165, 1.54) is 6.21 Å². The Hall–Kier alpha value is -2.11. The van der Waals surface area contributed by atoms with Crippen LogP contribution in [-0.2, 0) is 0 Å². The molecule has 0 aliphatic carbocycles. The molecule has 0 saturated heterocycles. The van der Waals surface area contributed by atoms with E-state index in [2.05, 4.69) is 43.1 Å². The molecule has 1 atom stereocenters. The lowest BCUT2D eigenvalue weighted by Crippen LogP contribution is -2.48. The first-order chi connectivity index (χ1) is 10.3. The van der Waals surface area contributed by atoms with Gasteiger partial charge in [-0.3, -0.25) is 0 Å². The van der Waals surface area contributed by atoms with Crippen molar-refractivity contribution in [1.82, 2.24) is 5.43 Å². The van der Waals surface area contributed by atoms with E-state index in [0.717, 1.165) is 24.2 Å². The van der Waals surface area contributed by atoms with Gasteiger partial charge in [-0.2, -0.15) is 5.10 Å². The molecule has 1 aliphatic heterocycles. The fourth-order valence-corrected chi connectivity index (χ4v) is 3.38. The van der Waals surface area contributed by atoms with Gasteiger partial charge in [-0.15, -0.1) is 0 Å². The summed E-state index contributed by atoms with van der Waals surface area (Å²) in [5, 5.41) is 3.64. The topological polar surface area (TPSA) is 70.7 Å². The maximum atomic E-state index is 14.3. The number of hydrogen-bond acceptors (Lipinski definition) is 3. The lowest BCUT2D eigenvalue weighted by atomic mass is 9.79. The summed E-state index contributed by atoms with van der Waals surface area (Å²) in [7, 11) is 0. The minimum atomic E-state index is -0.776. The third-order valence-corrected chi connectivity index (χ3v) is 4.20. The molecule has 3 N–H and O–H groups in total. The zero-order valence-electron chi connectivity index (χ0n) is 13.5. The quantitative estimate of drug-likeness (QED) is 0.666. The van der Waals surface area contributed by atoms with Crippen molar-refractivity contribution in [1.29, 1.82) is 0 Å². The monoisotopic (exact) mass is 306 g/mol. The van der Waals surface area contributed by atoms with Crippen LogP contribution < -0.4 is 16.1 Å². The van der Waals surface area contributed by atoms with Gasteiger partial charge < -0.3 is 10.6 Å². The van der Waals surface area contributed by atoms with Gasteiger partial charge in [-0.05, 0) is 50.8 Å². The molecule has 1 aromatic carbocycles. The maximum Gasteiger partial charge on any atom is 0.332 e. The van der Waals surface area contributed by atoms with Crippen molar-refractivity contribution in [3.63, 3.8) is 0 Å². The highest BCUT2D eigenvalue weighted by molar-refractivity contribution is 5.83. The van der Waals surface area contributed by atoms with Crippen molar-refractivity contribution in [3.8, 4) is 0 Å². The number of nitrogens with zero attached hydrogens (tertiary/aromatic N) is 2. The molecule has 0 fully saturated rings. The molecular formula is C16H23FN4O. The van der Waals surface area contributed by atoms with Crippen molar-refractivity contribution >= 4 is 17.9 Å². The van der Waals surface area contributed by atoms with E-state index in [0.29, 0.717) is 11.5 Å². The number of carbonyl (C=O) groups is 1. The Kier molecular flexibility index (Phi) is 4.39. The van der Waals surface area contributed by atoms with Crippen LogP contribution in [0.2, 0.25) is 0 Å². The van der Waals surface area contributed by atoms with Crippen LogP contribution in [-0.4, -0.2) is 24.3 Å². The number of hydrogen-bond donors (Lipinski definition) is 2. The molecule has 120 valence electrons. The molecule has 1 aromatic rings. The van der Waals surface area contributed by atoms with Gasteiger partial charge in [0.15, 0.2) is 0 Å². The molecule has 22 heavy (non-hydrogen) atoms. The van der Waals surface area contributed by atoms with E-state index in [1.807, 2.05) is 0 Å². The second-order valence-corrected chi connectivity index (χ2v) is 6.33. The van der Waals surface area contributed by atoms with Crippen LogP contribution >= 0.6 is 0 Å². The predicted molar refractivity (Wildman–Crippen MR) is 86.8 cm³/mol. The number of amides is 2. The number of primary amides is 1. The van der Waals surface area contributed by atoms with Crippen molar-refractivity contribution < 1.29 is 9.18 Å². The lowest BCUT2D eigenvalue weighted by Gasteiger charge is -2.47. The number of hydrazone groups is 1. The second-order valence-electron chi connectivity index (χ2n) is 6.33. The minimum Gasteiger partial charge on any atom is -0.366 e. The van der Waals surface area contributed by atoms with Gasteiger partial charge >= 0.3 is 6.03 Å². The van der Waals surface area contributed by atoms with Crippen LogP contribution in [0.3, 0.4) is 0 Å². The number of fused-ring (bicyclic) bond motifs is 1. The number of benzene rings is 1. The van der Waals surface area contributed by atoms with E-state index in [4.69, 9.17) is 5.73 Å². The van der Waals surface area contributed by atoms with E-state index < -0.39 is 6.03 Å². The number of rotatable bonds is 3. The molecule has 6 heteroatoms. The summed E-state index contributed by atoms with van der Waals surface area (Å²) in [6.45, 7) is 9.41. The highest BCUT2D eigenvalue weighted by atomic mass is 19.1. The van der Waals surface area contributed by atoms with Crippen molar-refractivity contribution in [3.05, 3.63) is 29.1 Å². The minimum absolute atomic E-state index is 0.00324. The summed E-state index contributed by atoms with van der Waals surface area (Å²) in [6, 6.07) is 2.59. The van der Waals surface area contributed by atoms with Crippen LogP contribution in [0.15, 0.2) is 17.2 Å². The summed E-state index contributed by atoms with van der Waals surface area (Å²) in [5.74, 6) is -0.0400. The number of urea groups is 1. The Morgan fingerprint density at radius 2 is 2.27 bits per heavy atom. The summed E-state index contributed by atoms with van der Waals surface area (Å²) >= 11 is 0. The van der Waals surface area contributed by atoms with E-state index in [-0.39, 0.29) is 11.4 Å². The largest absolute Gasteiger partial charge is 0.366 e. The third kappa shape index (κ3) is 3.05. The molecule has 0 aromatic heterocycles. The summed E-state index contributed by atoms with van der Waals surface area (Å²) < 4.78 is 14.3. The van der Waals surface area contributed by atoms with Crippen LogP contribution in [0.1, 0.15) is 51.2 Å². The Balaban J connectivity index is 2.44. The second kappa shape index (κ2) is 5.94. The molecule has 0 radical (unpaired) electrons. The molecule has 5 nitrogen and oxygen atoms in total. The number of halogens is 1. The van der Waals surface area contributed by atoms with Crippen molar-refractivity contribution in [2.45, 2.75) is 45.6 Å². The van der Waals surface area contributed by atoms with Crippen LogP contribution in [0.4, 0.5) is 14.9 Å². The van der Waals surface area contributed by atoms with E-state index in [9.17, 15) is 9.18 Å². The van der Waals surface area contributed by atoms with Crippen molar-refractivity contribution in [2.75, 3.05) is 11.4 Å². The lowest BCUT2D eigenvalue weighted by molar-refractivity contribution is 0.249. The fraction of sp³-hybridized carbons (Fsp3) is 0.500. The third-order valence-electron chi connectivity index (χ3n) is 4.20. The smallest absolute Gasteiger partial charge is 0.332 e. The van der Waals surface area contributed by atoms with Crippen molar-refractivity contribution in [2.24, 2.45) is 10.8 Å². The first-order valence-corrected chi connectivity index (χ1v) is 7.46. The standard InChI is InChI=1S/C16H23FN4O/c1-5-21-14-7-13(17)11(9-19-20-15(18)22)6-12(14)10(2)8-16(21,3)4/h6-7,9-10H,5,8H2,1-4H3,(H3,18,20,22)/b19-9-. The van der Waals surface area contributed by atoms with Crippen LogP contribution in [0.25, 0.3) is 0 Å². The van der Waals surface area contributed by atoms with Gasteiger partial charge in [0.05, 0.1) is 6.21 Å². The first kappa shape index (κ1) is 16.3. The molecule has 0 spiro atoms. The Bertz CT molecular complexity index is 612. The highest BCUT2D eigenvalue weighted by Gasteiger charge is 2.35. The molecular weight excluding hydrogens is 283 g/mol. The zero-order chi connectivity index (χ0) is 16.5. The fourth-order valence-electron chi connectivity index (χ4n) is 3.38. The number of nitrogens with one attached hydrogen (secondary N) is 1. The van der Waals surface area contributed by atoms with E-state index in [1.54, 1.807) is 12.1 Å². The van der Waals surface area contributed by atoms with Crippen LogP contribution in [0.5, 0.6) is 0 Å². The molecule has 1 aliphatic rings. The van der Waals surface area contributed by atoms with E-state index >= 15 is 0 Å². The zero-order valence-corrected chi connectivity index (χ0v) is 13.5. The maximum absolute atomic E-state index is 14.3. The molecule has 1 heterocycles. The predicted octanol–water partition coefficient (Wildman–Crippen LogP) is 2.94. The van der Waals surface area contributed by atoms with Gasteiger partial charge in [0.25, 0.3) is 0 Å². The molecule has 1 unspecified atom stereocenters. The van der Waals surface area contributed by atoms with Gasteiger partial charge in [-0.1, -0.05) is 6.92 Å². The van der Waals surface area contributed by atoms with Gasteiger partial charge in [0.2, 0.25) is 0 Å². The number of anilines is 1. The van der Waals surface area contributed by atoms with Gasteiger partial charge in [-0.25, -0.2) is 14.6 Å². The number of nitrogens with two attached hydrogens (primary N) is 1. The Morgan fingerprint density at radius 1 is 1.59 bits per heavy atom. The first-order valence-electron chi connectivity index (χ1n) is 7.46. The average molecular weight is 306 g/mol. The Morgan fingerprint density at radius 3 is 2.86 bits per heavy atom. The summed E-state index contributed by atoms with van der Waals surface area (Å²) in [6.07, 6.45) is 2.28. The number of carbonyl (C=O) groups excluding carboxylic acids is 1. The Labute approximate surface area is 130 Å². The SMILES string of the molecule is CCN1c2cc(F)c(/C=N\NC(N)=O)cc2C(C)CC1(C)C. The van der Waals surface area contributed by atoms with Gasteiger partial charge in [0.1, 0.15) is 5.82 Å². The average Bonchev–Trinajstić information content (AvgIpc) is 2.39. The molecule has 2 amide bonds. The normalized spacial score (nSPS) is 20.0. The van der Waals surface area contributed by atoms with Crippen LogP contribution in [0, 0.1) is 5.82 Å². The summed E-state index contributed by atoms with van der Waals surface area (Å²) in [4.78, 5) is 12.8. The highest BCUT2D eigenvalue weighted by Crippen LogP contribution is 2.43. The summed E-state index contributed by atoms with van der Waals surface area (Å²) in [5.41, 5.74) is 9.38. The molecule has 2 rings (SSSR count). The molecule has 0 saturated carbocycles. The van der Waals surface area contributed by atoms with Gasteiger partial charge in [0, 0.05) is 23.3 Å². The molecule has 0 bridgehead atoms.